The average Bonchev–Trinajstić information content (AvgIpc) is 0.660. The summed E-state index contributed by atoms with van der Waals surface area (Å²) in [5.41, 5.74) is 30.4. The van der Waals surface area contributed by atoms with Crippen molar-refractivity contribution in [2.75, 3.05) is 29.4 Å². The van der Waals surface area contributed by atoms with Crippen LogP contribution in [-0.2, 0) is 32.5 Å². The first-order chi connectivity index (χ1) is 48.4. The van der Waals surface area contributed by atoms with Crippen LogP contribution in [0.15, 0.2) is 231 Å². The van der Waals surface area contributed by atoms with E-state index in [1.54, 1.807) is 0 Å². The van der Waals surface area contributed by atoms with Crippen LogP contribution in [0.3, 0.4) is 0 Å². The van der Waals surface area contributed by atoms with Gasteiger partial charge in [0.1, 0.15) is 0 Å². The molecule has 12 aromatic rings. The molecule has 508 valence electrons. The van der Waals surface area contributed by atoms with Crippen LogP contribution in [-0.4, -0.2) is 28.7 Å². The number of fused-ring (bicyclic) bond motifs is 3. The molecule has 18 rings (SSSR count). The topological polar surface area (TPSA) is 19.4 Å². The van der Waals surface area contributed by atoms with Crippen molar-refractivity contribution in [3.63, 3.8) is 0 Å². The molecule has 0 fully saturated rings. The van der Waals surface area contributed by atoms with E-state index < -0.39 is 28.7 Å². The third-order valence-electron chi connectivity index (χ3n) is 23.2. The predicted molar refractivity (Wildman–Crippen MR) is 443 cm³/mol. The van der Waals surface area contributed by atoms with Crippen LogP contribution in [0.25, 0.3) is 10.8 Å². The molecule has 0 saturated carbocycles. The Morgan fingerprint density at radius 3 is 0.539 bits per heavy atom. The Balaban J connectivity index is 1.02. The number of benzene rings is 12. The summed E-state index contributed by atoms with van der Waals surface area (Å²) in [7, 11) is 0. The zero-order valence-corrected chi connectivity index (χ0v) is 67.6. The molecule has 2 unspecified atom stereocenters. The molecule has 8 heteroatoms. The van der Waals surface area contributed by atoms with Gasteiger partial charge in [-0.25, -0.2) is 0 Å². The number of nitrogens with zero attached hydrogens (tertiary/aromatic N) is 6. The second kappa shape index (κ2) is 22.2. The maximum atomic E-state index is 2.76. The van der Waals surface area contributed by atoms with E-state index in [2.05, 4.69) is 385 Å². The second-order valence-electron chi connectivity index (χ2n) is 35.9. The Labute approximate surface area is 614 Å². The van der Waals surface area contributed by atoms with Gasteiger partial charge in [-0.3, -0.25) is 0 Å². The third-order valence-corrected chi connectivity index (χ3v) is 37.8. The quantitative estimate of drug-likeness (QED) is 0.153. The second-order valence-corrected chi connectivity index (χ2v) is 46.8. The minimum absolute atomic E-state index is 0.00575. The van der Waals surface area contributed by atoms with Gasteiger partial charge in [-0.1, -0.05) is 0 Å². The Hall–Kier alpha value is -9.21. The molecule has 2 atom stereocenters. The van der Waals surface area contributed by atoms with Crippen molar-refractivity contribution in [1.82, 2.24) is 0 Å². The van der Waals surface area contributed by atoms with Gasteiger partial charge in [0.2, 0.25) is 0 Å². The summed E-state index contributed by atoms with van der Waals surface area (Å²) in [5, 5.41) is 2.55. The van der Waals surface area contributed by atoms with Crippen LogP contribution in [0.2, 0.25) is 0 Å². The van der Waals surface area contributed by atoms with E-state index in [1.807, 2.05) is 0 Å². The van der Waals surface area contributed by atoms with Gasteiger partial charge in [0.05, 0.1) is 0 Å². The molecule has 6 aliphatic heterocycles. The van der Waals surface area contributed by atoms with Crippen LogP contribution in [0.1, 0.15) is 158 Å². The fraction of sp³-hybridized carbons (Fsp3) is 0.255. The zero-order valence-electron chi connectivity index (χ0n) is 62.8. The van der Waals surface area contributed by atoms with Crippen LogP contribution in [0.5, 0.6) is 0 Å². The predicted octanol–water partition coefficient (Wildman–Crippen LogP) is 21.8. The Bertz CT molecular complexity index is 5080. The molecule has 0 amide bonds. The number of hydrogen-bond donors (Lipinski definition) is 0. The molecule has 0 radical (unpaired) electrons. The summed E-state index contributed by atoms with van der Waals surface area (Å²) in [5.74, 6) is 0. The van der Waals surface area contributed by atoms with Crippen molar-refractivity contribution in [2.45, 2.75) is 157 Å². The molecule has 0 spiro atoms. The van der Waals surface area contributed by atoms with Crippen LogP contribution >= 0.6 is 0 Å². The van der Waals surface area contributed by atoms with E-state index in [0.717, 1.165) is 0 Å². The molecule has 0 saturated heterocycles. The van der Waals surface area contributed by atoms with Gasteiger partial charge in [-0.2, -0.15) is 0 Å². The summed E-state index contributed by atoms with van der Waals surface area (Å²) in [6, 6.07) is 92.4. The normalized spacial score (nSPS) is 16.2. The first-order valence-electron chi connectivity index (χ1n) is 37.1. The molecule has 0 aromatic heterocycles. The molecule has 12 aromatic carbocycles. The molecule has 0 bridgehead atoms. The number of rotatable bonds is 6. The summed E-state index contributed by atoms with van der Waals surface area (Å²) in [6.07, 6.45) is 0. The fourth-order valence-corrected chi connectivity index (χ4v) is 34.6. The molecule has 6 heterocycles. The van der Waals surface area contributed by atoms with E-state index in [4.69, 9.17) is 0 Å². The van der Waals surface area contributed by atoms with Gasteiger partial charge >= 0.3 is 619 Å². The van der Waals surface area contributed by atoms with Gasteiger partial charge in [0.15, 0.2) is 0 Å². The molecule has 102 heavy (non-hydrogen) atoms. The summed E-state index contributed by atoms with van der Waals surface area (Å²) in [6.45, 7) is 42.0. The summed E-state index contributed by atoms with van der Waals surface area (Å²) >= 11 is -6.61. The molecular weight excluding hydrogens is 1360 g/mol. The molecule has 6 aliphatic rings. The van der Waals surface area contributed by atoms with Crippen molar-refractivity contribution < 1.29 is 0 Å². The Morgan fingerprint density at radius 2 is 0.353 bits per heavy atom. The van der Waals surface area contributed by atoms with Gasteiger partial charge in [0, 0.05) is 0 Å². The minimum atomic E-state index is -3.30. The van der Waals surface area contributed by atoms with Gasteiger partial charge in [-0.15, -0.1) is 0 Å². The van der Waals surface area contributed by atoms with E-state index in [-0.39, 0.29) is 32.5 Å². The molecule has 0 aliphatic carbocycles. The van der Waals surface area contributed by atoms with E-state index in [9.17, 15) is 0 Å². The summed E-state index contributed by atoms with van der Waals surface area (Å²) in [4.78, 5) is 16.2. The zero-order chi connectivity index (χ0) is 71.0. The van der Waals surface area contributed by atoms with E-state index in [0.29, 0.717) is 0 Å². The first kappa shape index (κ1) is 64.9. The van der Waals surface area contributed by atoms with Gasteiger partial charge < -0.3 is 0 Å². The summed E-state index contributed by atoms with van der Waals surface area (Å²) < 4.78 is 9.07. The standard InChI is InChI=1S/C94H94Ge2N6/c1-89(2,3)57-31-43-63(44-32-57)97-71-23-19-27-75-81(71)95-83-73(97)25-21-29-77(83)101(67-51-39-61(40-52-67)93(13,14)15)87-69-56-80-86-88(70(69)55-79(85(87)95)99(75)65-47-35-59(36-48-65)91(7,8)9)102(68-53-41-62(42-54-68)94(16,17)18)78-30-22-26-74-84(78)96(86)82-72(98(74)64-45-33-58(34-46-64)90(4,5)6)24-20-28-76(82)100(80)66-49-37-60(38-50-66)92(10,11)12/h19-56,95-96H,1-18H3. The monoisotopic (exact) mass is 1450 g/mol. The van der Waals surface area contributed by atoms with Crippen LogP contribution < -0.4 is 55.8 Å². The van der Waals surface area contributed by atoms with Crippen molar-refractivity contribution in [1.29, 1.82) is 0 Å². The van der Waals surface area contributed by atoms with Gasteiger partial charge in [-0.05, 0) is 0 Å². The third kappa shape index (κ3) is 9.69. The Morgan fingerprint density at radius 1 is 0.186 bits per heavy atom. The SMILES string of the molecule is CC(C)(C)c1ccc(N2c3cccc4[c]3[GeH]3[c]5c2cccc5N(c2ccc(C(C)(C)C)cc2)c2[c]3c(cc3c5[c]6c(cc23)N(c2ccc(C(C)(C)C)cc2)c2cccc3[c]2[GeH]6[c]2c(cccc2N5c2ccc(C(C)(C)C)cc2)N3c2ccc(C(C)(C)C)cc2)N4c2ccc(C(C)(C)C)cc2)cc1. The van der Waals surface area contributed by atoms with Crippen molar-refractivity contribution in [2.24, 2.45) is 0 Å². The van der Waals surface area contributed by atoms with Crippen LogP contribution in [0.4, 0.5) is 102 Å². The molecule has 6 nitrogen and oxygen atoms in total. The Kier molecular flexibility index (Phi) is 14.1. The van der Waals surface area contributed by atoms with Crippen molar-refractivity contribution in [3.05, 3.63) is 264 Å². The molecule has 0 N–H and O–H groups in total. The fourth-order valence-electron chi connectivity index (χ4n) is 17.8. The average molecular weight is 1450 g/mol. The van der Waals surface area contributed by atoms with Crippen molar-refractivity contribution in [3.8, 4) is 0 Å². The number of hydrogen-bond acceptors (Lipinski definition) is 6. The maximum absolute atomic E-state index is 3.30. The number of anilines is 18. The molecular formula is C94H94Ge2N6. The first-order valence-corrected chi connectivity index (χ1v) is 44.3. The van der Waals surface area contributed by atoms with Gasteiger partial charge in [0.25, 0.3) is 0 Å². The van der Waals surface area contributed by atoms with Crippen molar-refractivity contribution >= 4 is 168 Å². The van der Waals surface area contributed by atoms with Crippen LogP contribution in [0, 0.1) is 0 Å². The van der Waals surface area contributed by atoms with E-state index >= 15 is 0 Å². The van der Waals surface area contributed by atoms with E-state index in [1.165, 1.54) is 173 Å².